The van der Waals surface area contributed by atoms with Crippen LogP contribution < -0.4 is 0 Å². The third-order valence-electron chi connectivity index (χ3n) is 2.39. The van der Waals surface area contributed by atoms with Crippen LogP contribution in [-0.4, -0.2) is 34.8 Å². The molecule has 0 aliphatic carbocycles. The van der Waals surface area contributed by atoms with E-state index < -0.39 is 7.60 Å². The zero-order valence-electron chi connectivity index (χ0n) is 10.6. The van der Waals surface area contributed by atoms with Gasteiger partial charge in [0, 0.05) is 11.1 Å². The van der Waals surface area contributed by atoms with Gasteiger partial charge in [0.15, 0.2) is 0 Å². The second-order valence-electron chi connectivity index (χ2n) is 3.93. The lowest BCUT2D eigenvalue weighted by Gasteiger charge is -2.07. The predicted molar refractivity (Wildman–Crippen MR) is 74.7 cm³/mol. The van der Waals surface area contributed by atoms with E-state index in [4.69, 9.17) is 14.5 Å². The van der Waals surface area contributed by atoms with Crippen molar-refractivity contribution in [3.05, 3.63) is 29.8 Å². The van der Waals surface area contributed by atoms with Crippen LogP contribution in [0, 0.1) is 0 Å². The average molecular weight is 304 g/mol. The summed E-state index contributed by atoms with van der Waals surface area (Å²) in [5, 5.41) is 0. The standard InChI is InChI=1S/C12H17O5PS/c1-17-12(13)10-6-2-3-7-11(10)19-9-5-4-8-18(14,15)16/h2-3,6-7H,4-5,8-9H2,1H3,(H2,14,15,16). The molecule has 0 unspecified atom stereocenters. The smallest absolute Gasteiger partial charge is 0.338 e. The number of methoxy groups -OCH3 is 1. The first kappa shape index (κ1) is 16.2. The predicted octanol–water partition coefficient (Wildman–Crippen LogP) is 2.52. The van der Waals surface area contributed by atoms with Gasteiger partial charge in [-0.2, -0.15) is 0 Å². The Kier molecular flexibility index (Phi) is 6.58. The Labute approximate surface area is 116 Å². The van der Waals surface area contributed by atoms with Gasteiger partial charge in [0.1, 0.15) is 0 Å². The second-order valence-corrected chi connectivity index (χ2v) is 6.84. The lowest BCUT2D eigenvalue weighted by molar-refractivity contribution is 0.0596. The summed E-state index contributed by atoms with van der Waals surface area (Å²) in [6.07, 6.45) is 1.06. The molecule has 7 heteroatoms. The molecule has 1 rings (SSSR count). The zero-order valence-corrected chi connectivity index (χ0v) is 12.3. The highest BCUT2D eigenvalue weighted by molar-refractivity contribution is 7.99. The number of benzene rings is 1. The molecule has 0 bridgehead atoms. The van der Waals surface area contributed by atoms with Crippen LogP contribution in [-0.2, 0) is 9.30 Å². The minimum Gasteiger partial charge on any atom is -0.465 e. The number of carbonyl (C=O) groups is 1. The van der Waals surface area contributed by atoms with Crippen molar-refractivity contribution in [1.82, 2.24) is 0 Å². The third kappa shape index (κ3) is 6.25. The molecule has 0 fully saturated rings. The fourth-order valence-electron chi connectivity index (χ4n) is 1.47. The van der Waals surface area contributed by atoms with Crippen LogP contribution in [0.15, 0.2) is 29.2 Å². The molecule has 0 radical (unpaired) electrons. The maximum absolute atomic E-state index is 11.5. The topological polar surface area (TPSA) is 83.8 Å². The number of unbranched alkanes of at least 4 members (excludes halogenated alkanes) is 1. The first-order valence-electron chi connectivity index (χ1n) is 5.79. The number of carbonyl (C=O) groups excluding carboxylic acids is 1. The average Bonchev–Trinajstić information content (AvgIpc) is 2.36. The van der Waals surface area contributed by atoms with E-state index in [1.807, 2.05) is 12.1 Å². The van der Waals surface area contributed by atoms with E-state index in [9.17, 15) is 9.36 Å². The molecular formula is C12H17O5PS. The SMILES string of the molecule is COC(=O)c1ccccc1SCCCCP(=O)(O)O. The van der Waals surface area contributed by atoms with Crippen molar-refractivity contribution in [2.24, 2.45) is 0 Å². The number of hydrogen-bond donors (Lipinski definition) is 2. The summed E-state index contributed by atoms with van der Waals surface area (Å²) in [5.41, 5.74) is 0.519. The highest BCUT2D eigenvalue weighted by atomic mass is 32.2. The van der Waals surface area contributed by atoms with Gasteiger partial charge in [0.05, 0.1) is 12.7 Å². The minimum absolute atomic E-state index is 0.0911. The zero-order chi connectivity index (χ0) is 14.3. The number of esters is 1. The van der Waals surface area contributed by atoms with Crippen molar-refractivity contribution in [3.8, 4) is 0 Å². The van der Waals surface area contributed by atoms with Gasteiger partial charge in [0.2, 0.25) is 0 Å². The monoisotopic (exact) mass is 304 g/mol. The first-order chi connectivity index (χ1) is 8.94. The molecule has 0 aliphatic rings. The van der Waals surface area contributed by atoms with Gasteiger partial charge in [0.25, 0.3) is 0 Å². The summed E-state index contributed by atoms with van der Waals surface area (Å²) in [6, 6.07) is 7.14. The molecule has 2 N–H and O–H groups in total. The van der Waals surface area contributed by atoms with E-state index in [1.54, 1.807) is 12.1 Å². The largest absolute Gasteiger partial charge is 0.465 e. The fraction of sp³-hybridized carbons (Fsp3) is 0.417. The van der Waals surface area contributed by atoms with Gasteiger partial charge in [-0.05, 0) is 30.7 Å². The Morgan fingerprint density at radius 3 is 2.63 bits per heavy atom. The molecule has 0 aliphatic heterocycles. The minimum atomic E-state index is -3.89. The van der Waals surface area contributed by atoms with Crippen LogP contribution in [0.25, 0.3) is 0 Å². The van der Waals surface area contributed by atoms with Gasteiger partial charge in [-0.3, -0.25) is 4.57 Å². The molecule has 1 aromatic rings. The Hall–Kier alpha value is -0.810. The molecule has 0 heterocycles. The van der Waals surface area contributed by atoms with Gasteiger partial charge in [-0.25, -0.2) is 4.79 Å². The summed E-state index contributed by atoms with van der Waals surface area (Å²) in [7, 11) is -2.55. The Morgan fingerprint density at radius 2 is 2.00 bits per heavy atom. The molecule has 0 saturated carbocycles. The van der Waals surface area contributed by atoms with Crippen LogP contribution in [0.5, 0.6) is 0 Å². The van der Waals surface area contributed by atoms with Gasteiger partial charge in [-0.15, -0.1) is 11.8 Å². The maximum atomic E-state index is 11.5. The Morgan fingerprint density at radius 1 is 1.32 bits per heavy atom. The summed E-state index contributed by atoms with van der Waals surface area (Å²) in [5.74, 6) is 0.326. The Balaban J connectivity index is 2.45. The van der Waals surface area contributed by atoms with Crippen LogP contribution in [0.1, 0.15) is 23.2 Å². The highest BCUT2D eigenvalue weighted by Gasteiger charge is 2.13. The molecule has 19 heavy (non-hydrogen) atoms. The van der Waals surface area contributed by atoms with Crippen LogP contribution in [0.4, 0.5) is 0 Å². The number of hydrogen-bond acceptors (Lipinski definition) is 4. The van der Waals surface area contributed by atoms with Gasteiger partial charge < -0.3 is 14.5 Å². The maximum Gasteiger partial charge on any atom is 0.338 e. The highest BCUT2D eigenvalue weighted by Crippen LogP contribution is 2.35. The van der Waals surface area contributed by atoms with Crippen molar-refractivity contribution in [2.45, 2.75) is 17.7 Å². The summed E-state index contributed by atoms with van der Waals surface area (Å²) >= 11 is 1.49. The van der Waals surface area contributed by atoms with Crippen LogP contribution >= 0.6 is 19.4 Å². The van der Waals surface area contributed by atoms with Gasteiger partial charge >= 0.3 is 13.6 Å². The molecule has 0 saturated heterocycles. The summed E-state index contributed by atoms with van der Waals surface area (Å²) < 4.78 is 15.4. The molecule has 0 amide bonds. The molecule has 5 nitrogen and oxygen atoms in total. The van der Waals surface area contributed by atoms with E-state index in [1.165, 1.54) is 18.9 Å². The van der Waals surface area contributed by atoms with Crippen LogP contribution in [0.3, 0.4) is 0 Å². The molecule has 0 atom stereocenters. The lowest BCUT2D eigenvalue weighted by Crippen LogP contribution is -2.03. The Bertz CT molecular complexity index is 471. The van der Waals surface area contributed by atoms with Crippen molar-refractivity contribution >= 4 is 25.3 Å². The second kappa shape index (κ2) is 7.70. The van der Waals surface area contributed by atoms with Crippen molar-refractivity contribution in [1.29, 1.82) is 0 Å². The summed E-state index contributed by atoms with van der Waals surface area (Å²) in [6.45, 7) is 0. The summed E-state index contributed by atoms with van der Waals surface area (Å²) in [4.78, 5) is 29.8. The molecule has 106 valence electrons. The van der Waals surface area contributed by atoms with E-state index >= 15 is 0 Å². The number of rotatable bonds is 7. The molecule has 1 aromatic carbocycles. The van der Waals surface area contributed by atoms with Crippen molar-refractivity contribution in [3.63, 3.8) is 0 Å². The van der Waals surface area contributed by atoms with Crippen LogP contribution in [0.2, 0.25) is 0 Å². The van der Waals surface area contributed by atoms with Crippen molar-refractivity contribution < 1.29 is 23.9 Å². The quantitative estimate of drug-likeness (QED) is 0.348. The number of thioether (sulfide) groups is 1. The van der Waals surface area contributed by atoms with E-state index in [0.717, 1.165) is 4.90 Å². The third-order valence-corrected chi connectivity index (χ3v) is 4.45. The first-order valence-corrected chi connectivity index (χ1v) is 8.57. The van der Waals surface area contributed by atoms with E-state index in [-0.39, 0.29) is 12.1 Å². The molecule has 0 aromatic heterocycles. The number of ether oxygens (including phenoxy) is 1. The molecular weight excluding hydrogens is 287 g/mol. The fourth-order valence-corrected chi connectivity index (χ4v) is 3.16. The molecule has 0 spiro atoms. The van der Waals surface area contributed by atoms with E-state index in [0.29, 0.717) is 24.2 Å². The van der Waals surface area contributed by atoms with E-state index in [2.05, 4.69) is 0 Å². The van der Waals surface area contributed by atoms with Gasteiger partial charge in [-0.1, -0.05) is 12.1 Å². The lowest BCUT2D eigenvalue weighted by atomic mass is 10.2. The normalized spacial score (nSPS) is 11.3. The van der Waals surface area contributed by atoms with Crippen molar-refractivity contribution in [2.75, 3.05) is 19.0 Å².